The molecule has 0 aliphatic rings. The molecule has 0 aliphatic carbocycles. The van der Waals surface area contributed by atoms with Crippen molar-refractivity contribution in [1.29, 1.82) is 0 Å². The lowest BCUT2D eigenvalue weighted by Crippen LogP contribution is -2.40. The quantitative estimate of drug-likeness (QED) is 0.743. The van der Waals surface area contributed by atoms with Crippen molar-refractivity contribution in [3.05, 3.63) is 65.7 Å². The number of amides is 2. The monoisotopic (exact) mass is 333 g/mol. The van der Waals surface area contributed by atoms with Crippen LogP contribution in [0.4, 0.5) is 4.79 Å². The van der Waals surface area contributed by atoms with Crippen LogP contribution < -0.4 is 15.8 Å². The summed E-state index contributed by atoms with van der Waals surface area (Å²) in [6.07, 6.45) is 0.625. The molecule has 0 saturated heterocycles. The molecule has 2 aromatic rings. The van der Waals surface area contributed by atoms with Gasteiger partial charge < -0.3 is 11.1 Å². The van der Waals surface area contributed by atoms with Crippen molar-refractivity contribution in [1.82, 2.24) is 10.0 Å². The fourth-order valence-electron chi connectivity index (χ4n) is 1.99. The third-order valence-electron chi connectivity index (χ3n) is 3.24. The van der Waals surface area contributed by atoms with Crippen molar-refractivity contribution in [3.63, 3.8) is 0 Å². The number of rotatable bonds is 6. The van der Waals surface area contributed by atoms with Gasteiger partial charge in [0.05, 0.1) is 4.90 Å². The van der Waals surface area contributed by atoms with Gasteiger partial charge >= 0.3 is 6.03 Å². The van der Waals surface area contributed by atoms with Gasteiger partial charge in [0, 0.05) is 13.1 Å². The number of hydrogen-bond donors (Lipinski definition) is 3. The number of urea groups is 1. The summed E-state index contributed by atoms with van der Waals surface area (Å²) in [5.41, 5.74) is 7.34. The molecule has 0 saturated carbocycles. The smallest absolute Gasteiger partial charge is 0.328 e. The molecule has 2 amide bonds. The van der Waals surface area contributed by atoms with E-state index in [9.17, 15) is 13.2 Å². The van der Waals surface area contributed by atoms with Crippen molar-refractivity contribution in [2.45, 2.75) is 17.9 Å². The lowest BCUT2D eigenvalue weighted by molar-refractivity contribution is 0.246. The first kappa shape index (κ1) is 17.0. The summed E-state index contributed by atoms with van der Waals surface area (Å²) in [6, 6.07) is 14.9. The molecule has 0 atom stereocenters. The highest BCUT2D eigenvalue weighted by atomic mass is 32.2. The van der Waals surface area contributed by atoms with E-state index in [0.29, 0.717) is 19.5 Å². The van der Waals surface area contributed by atoms with Crippen LogP contribution in [0.5, 0.6) is 0 Å². The van der Waals surface area contributed by atoms with Crippen molar-refractivity contribution >= 4 is 16.1 Å². The maximum atomic E-state index is 12.1. The van der Waals surface area contributed by atoms with Crippen LogP contribution in [0.25, 0.3) is 0 Å². The second-order valence-corrected chi connectivity index (χ2v) is 6.63. The summed E-state index contributed by atoms with van der Waals surface area (Å²) < 4.78 is 26.1. The Hall–Kier alpha value is -2.38. The molecule has 0 fully saturated rings. The second-order valence-electron chi connectivity index (χ2n) is 4.95. The predicted molar refractivity (Wildman–Crippen MR) is 88.2 cm³/mol. The first-order valence-corrected chi connectivity index (χ1v) is 8.63. The maximum Gasteiger partial charge on any atom is 0.328 e. The molecule has 0 bridgehead atoms. The lowest BCUT2D eigenvalue weighted by Gasteiger charge is -2.09. The van der Waals surface area contributed by atoms with Gasteiger partial charge in [0.2, 0.25) is 0 Å². The third-order valence-corrected chi connectivity index (χ3v) is 4.59. The Kier molecular flexibility index (Phi) is 5.72. The molecule has 23 heavy (non-hydrogen) atoms. The molecule has 0 unspecified atom stereocenters. The van der Waals surface area contributed by atoms with Gasteiger partial charge in [-0.25, -0.2) is 17.9 Å². The fourth-order valence-corrected chi connectivity index (χ4v) is 2.92. The number of benzene rings is 2. The summed E-state index contributed by atoms with van der Waals surface area (Å²) in [4.78, 5) is 11.7. The maximum absolute atomic E-state index is 12.1. The Balaban J connectivity index is 1.88. The molecule has 2 rings (SSSR count). The van der Waals surface area contributed by atoms with E-state index in [0.717, 1.165) is 11.1 Å². The summed E-state index contributed by atoms with van der Waals surface area (Å²) >= 11 is 0. The number of sulfonamides is 1. The number of hydrogen-bond acceptors (Lipinski definition) is 4. The van der Waals surface area contributed by atoms with E-state index >= 15 is 0 Å². The third kappa shape index (κ3) is 5.08. The number of carbonyl (C=O) groups excluding carboxylic acids is 1. The molecule has 0 heterocycles. The second kappa shape index (κ2) is 7.75. The molecule has 0 aromatic heterocycles. The Bertz CT molecular complexity index is 744. The summed E-state index contributed by atoms with van der Waals surface area (Å²) in [6.45, 7) is 0.672. The summed E-state index contributed by atoms with van der Waals surface area (Å²) in [5.74, 6) is 0. The molecule has 7 heteroatoms. The average Bonchev–Trinajstić information content (AvgIpc) is 2.55. The minimum Gasteiger partial charge on any atom is -0.337 e. The molecule has 0 aliphatic heterocycles. The molecule has 0 radical (unpaired) electrons. The van der Waals surface area contributed by atoms with Crippen LogP contribution in [0.1, 0.15) is 11.1 Å². The highest BCUT2D eigenvalue weighted by Gasteiger charge is 2.16. The summed E-state index contributed by atoms with van der Waals surface area (Å²) in [5, 5.41) is 2.53. The van der Waals surface area contributed by atoms with Gasteiger partial charge in [-0.1, -0.05) is 42.5 Å². The van der Waals surface area contributed by atoms with E-state index in [4.69, 9.17) is 5.73 Å². The standard InChI is InChI=1S/C16H19N3O3S/c17-12-14-6-8-15(9-7-14)23(21,22)19-16(20)18-11-10-13-4-2-1-3-5-13/h1-9H,10-12,17H2,(H2,18,19,20). The molecular weight excluding hydrogens is 314 g/mol. The Morgan fingerprint density at radius 2 is 1.61 bits per heavy atom. The van der Waals surface area contributed by atoms with Crippen LogP contribution in [0.2, 0.25) is 0 Å². The van der Waals surface area contributed by atoms with E-state index in [1.165, 1.54) is 12.1 Å². The molecule has 6 nitrogen and oxygen atoms in total. The van der Waals surface area contributed by atoms with Crippen LogP contribution in [-0.2, 0) is 23.0 Å². The Morgan fingerprint density at radius 3 is 2.22 bits per heavy atom. The van der Waals surface area contributed by atoms with Gasteiger partial charge in [0.15, 0.2) is 0 Å². The van der Waals surface area contributed by atoms with Gasteiger partial charge in [0.25, 0.3) is 10.0 Å². The van der Waals surface area contributed by atoms with Crippen LogP contribution in [0.15, 0.2) is 59.5 Å². The molecule has 2 aromatic carbocycles. The van der Waals surface area contributed by atoms with Crippen molar-refractivity contribution in [2.75, 3.05) is 6.54 Å². The summed E-state index contributed by atoms with van der Waals surface area (Å²) in [7, 11) is -3.88. The van der Waals surface area contributed by atoms with Gasteiger partial charge in [-0.2, -0.15) is 0 Å². The zero-order chi connectivity index (χ0) is 16.7. The van der Waals surface area contributed by atoms with Gasteiger partial charge in [-0.05, 0) is 29.7 Å². The minimum atomic E-state index is -3.88. The normalized spacial score (nSPS) is 11.0. The minimum absolute atomic E-state index is 0.0212. The molecular formula is C16H19N3O3S. The molecule has 0 spiro atoms. The van der Waals surface area contributed by atoms with Crippen molar-refractivity contribution in [3.8, 4) is 0 Å². The average molecular weight is 333 g/mol. The first-order chi connectivity index (χ1) is 11.0. The lowest BCUT2D eigenvalue weighted by atomic mass is 10.1. The van der Waals surface area contributed by atoms with Gasteiger partial charge in [0.1, 0.15) is 0 Å². The molecule has 122 valence electrons. The van der Waals surface area contributed by atoms with E-state index in [2.05, 4.69) is 5.32 Å². The Morgan fingerprint density at radius 1 is 0.957 bits per heavy atom. The number of nitrogens with one attached hydrogen (secondary N) is 2. The van der Waals surface area contributed by atoms with Crippen LogP contribution in [0.3, 0.4) is 0 Å². The largest absolute Gasteiger partial charge is 0.337 e. The highest BCUT2D eigenvalue weighted by Crippen LogP contribution is 2.10. The van der Waals surface area contributed by atoms with E-state index in [1.54, 1.807) is 12.1 Å². The van der Waals surface area contributed by atoms with E-state index < -0.39 is 16.1 Å². The van der Waals surface area contributed by atoms with Gasteiger partial charge in [-0.15, -0.1) is 0 Å². The SMILES string of the molecule is NCc1ccc(S(=O)(=O)NC(=O)NCCc2ccccc2)cc1. The van der Waals surface area contributed by atoms with E-state index in [1.807, 2.05) is 35.1 Å². The van der Waals surface area contributed by atoms with E-state index in [-0.39, 0.29) is 4.90 Å². The van der Waals surface area contributed by atoms with Crippen molar-refractivity contribution in [2.24, 2.45) is 5.73 Å². The fraction of sp³-hybridized carbons (Fsp3) is 0.188. The Labute approximate surface area is 135 Å². The van der Waals surface area contributed by atoms with Crippen LogP contribution >= 0.6 is 0 Å². The number of nitrogens with two attached hydrogens (primary N) is 1. The number of carbonyl (C=O) groups is 1. The van der Waals surface area contributed by atoms with Crippen LogP contribution in [-0.4, -0.2) is 21.0 Å². The topological polar surface area (TPSA) is 101 Å². The van der Waals surface area contributed by atoms with Crippen molar-refractivity contribution < 1.29 is 13.2 Å². The van der Waals surface area contributed by atoms with Crippen LogP contribution in [0, 0.1) is 0 Å². The van der Waals surface area contributed by atoms with Gasteiger partial charge in [-0.3, -0.25) is 0 Å². The first-order valence-electron chi connectivity index (χ1n) is 7.15. The zero-order valence-electron chi connectivity index (χ0n) is 12.5. The zero-order valence-corrected chi connectivity index (χ0v) is 13.3. The predicted octanol–water partition coefficient (Wildman–Crippen LogP) is 1.38. The highest BCUT2D eigenvalue weighted by molar-refractivity contribution is 7.90. The molecule has 4 N–H and O–H groups in total.